The fraction of sp³-hybridized carbons (Fsp3) is 0.267. The molecule has 0 saturated heterocycles. The largest absolute Gasteiger partial charge is 0.459 e. The van der Waals surface area contributed by atoms with Crippen LogP contribution in [0.3, 0.4) is 0 Å². The van der Waals surface area contributed by atoms with Crippen LogP contribution in [0, 0.1) is 0 Å². The summed E-state index contributed by atoms with van der Waals surface area (Å²) < 4.78 is 4.61. The van der Waals surface area contributed by atoms with Crippen molar-refractivity contribution < 1.29 is 14.3 Å². The number of amides is 1. The lowest BCUT2D eigenvalue weighted by atomic mass is 10.1. The molecule has 1 amide bonds. The number of nitrogens with one attached hydrogen (secondary N) is 2. The van der Waals surface area contributed by atoms with E-state index in [4.69, 9.17) is 0 Å². The summed E-state index contributed by atoms with van der Waals surface area (Å²) in [5.74, 6) is -1.78. The van der Waals surface area contributed by atoms with Crippen molar-refractivity contribution in [3.63, 3.8) is 0 Å². The summed E-state index contributed by atoms with van der Waals surface area (Å²) in [5, 5.41) is 3.35. The summed E-state index contributed by atoms with van der Waals surface area (Å²) in [6.07, 6.45) is 0.731. The molecule has 2 aromatic rings. The van der Waals surface area contributed by atoms with Crippen LogP contribution < -0.4 is 10.9 Å². The van der Waals surface area contributed by atoms with Gasteiger partial charge in [0.1, 0.15) is 0 Å². The third-order valence-corrected chi connectivity index (χ3v) is 3.03. The second-order valence-corrected chi connectivity index (χ2v) is 4.45. The Labute approximate surface area is 121 Å². The average molecular weight is 288 g/mol. The van der Waals surface area contributed by atoms with Gasteiger partial charge < -0.3 is 15.0 Å². The Balaban J connectivity index is 2.33. The maximum atomic E-state index is 11.6. The van der Waals surface area contributed by atoms with Gasteiger partial charge in [-0.15, -0.1) is 0 Å². The SMILES string of the molecule is CCOC(=O)C(=O)Nc1ccc2c(CC)cc(=O)[nH]c2c1. The summed E-state index contributed by atoms with van der Waals surface area (Å²) in [4.78, 5) is 37.1. The Morgan fingerprint density at radius 1 is 1.24 bits per heavy atom. The highest BCUT2D eigenvalue weighted by Gasteiger charge is 2.15. The van der Waals surface area contributed by atoms with Gasteiger partial charge >= 0.3 is 11.9 Å². The van der Waals surface area contributed by atoms with Gasteiger partial charge in [0, 0.05) is 17.1 Å². The van der Waals surface area contributed by atoms with E-state index in [1.807, 2.05) is 6.92 Å². The van der Waals surface area contributed by atoms with Crippen molar-refractivity contribution >= 4 is 28.5 Å². The summed E-state index contributed by atoms with van der Waals surface area (Å²) in [5.41, 5.74) is 1.76. The monoisotopic (exact) mass is 288 g/mol. The number of rotatable bonds is 3. The van der Waals surface area contributed by atoms with E-state index in [9.17, 15) is 14.4 Å². The predicted molar refractivity (Wildman–Crippen MR) is 79.2 cm³/mol. The molecule has 0 aliphatic heterocycles. The molecule has 110 valence electrons. The molecule has 0 bridgehead atoms. The Hall–Kier alpha value is -2.63. The first-order valence-electron chi connectivity index (χ1n) is 6.69. The number of carbonyl (C=O) groups is 2. The van der Waals surface area contributed by atoms with Crippen molar-refractivity contribution in [3.8, 4) is 0 Å². The van der Waals surface area contributed by atoms with E-state index in [1.54, 1.807) is 31.2 Å². The minimum atomic E-state index is -0.937. The lowest BCUT2D eigenvalue weighted by molar-refractivity contribution is -0.152. The summed E-state index contributed by atoms with van der Waals surface area (Å²) in [6.45, 7) is 3.72. The molecule has 0 aliphatic rings. The van der Waals surface area contributed by atoms with E-state index in [-0.39, 0.29) is 12.2 Å². The molecule has 0 fully saturated rings. The van der Waals surface area contributed by atoms with E-state index in [2.05, 4.69) is 15.0 Å². The molecular formula is C15H16N2O4. The van der Waals surface area contributed by atoms with E-state index >= 15 is 0 Å². The maximum Gasteiger partial charge on any atom is 0.397 e. The Morgan fingerprint density at radius 3 is 2.67 bits per heavy atom. The van der Waals surface area contributed by atoms with Gasteiger partial charge in [-0.25, -0.2) is 4.79 Å². The fourth-order valence-corrected chi connectivity index (χ4v) is 2.08. The van der Waals surface area contributed by atoms with Gasteiger partial charge in [-0.1, -0.05) is 13.0 Å². The minimum Gasteiger partial charge on any atom is -0.459 e. The molecule has 1 aromatic heterocycles. The van der Waals surface area contributed by atoms with E-state index in [0.717, 1.165) is 17.4 Å². The van der Waals surface area contributed by atoms with Crippen LogP contribution in [-0.4, -0.2) is 23.5 Å². The fourth-order valence-electron chi connectivity index (χ4n) is 2.08. The number of aryl methyl sites for hydroxylation is 1. The number of hydrogen-bond acceptors (Lipinski definition) is 4. The lowest BCUT2D eigenvalue weighted by Gasteiger charge is -2.08. The van der Waals surface area contributed by atoms with Crippen molar-refractivity contribution in [2.24, 2.45) is 0 Å². The zero-order valence-electron chi connectivity index (χ0n) is 11.9. The molecule has 1 aromatic carbocycles. The second-order valence-electron chi connectivity index (χ2n) is 4.45. The first-order valence-corrected chi connectivity index (χ1v) is 6.69. The summed E-state index contributed by atoms with van der Waals surface area (Å²) >= 11 is 0. The average Bonchev–Trinajstić information content (AvgIpc) is 2.46. The molecule has 0 aliphatic carbocycles. The highest BCUT2D eigenvalue weighted by atomic mass is 16.5. The zero-order valence-corrected chi connectivity index (χ0v) is 11.9. The second kappa shape index (κ2) is 6.21. The molecule has 0 spiro atoms. The zero-order chi connectivity index (χ0) is 15.4. The van der Waals surface area contributed by atoms with Gasteiger partial charge in [0.05, 0.1) is 12.1 Å². The molecular weight excluding hydrogens is 272 g/mol. The number of pyridine rings is 1. The first-order chi connectivity index (χ1) is 10.0. The van der Waals surface area contributed by atoms with E-state index in [0.29, 0.717) is 11.2 Å². The molecule has 1 heterocycles. The Morgan fingerprint density at radius 2 is 2.00 bits per heavy atom. The number of aromatic amines is 1. The van der Waals surface area contributed by atoms with Crippen LogP contribution in [0.15, 0.2) is 29.1 Å². The molecule has 0 atom stereocenters. The maximum absolute atomic E-state index is 11.6. The van der Waals surface area contributed by atoms with Crippen LogP contribution >= 0.6 is 0 Å². The van der Waals surface area contributed by atoms with Gasteiger partial charge in [0.2, 0.25) is 5.56 Å². The molecule has 6 nitrogen and oxygen atoms in total. The van der Waals surface area contributed by atoms with Crippen LogP contribution in [0.1, 0.15) is 19.4 Å². The molecule has 0 unspecified atom stereocenters. The number of anilines is 1. The Kier molecular flexibility index (Phi) is 4.37. The molecule has 2 N–H and O–H groups in total. The number of benzene rings is 1. The number of H-pyrrole nitrogens is 1. The van der Waals surface area contributed by atoms with Crippen molar-refractivity contribution in [1.29, 1.82) is 0 Å². The third-order valence-electron chi connectivity index (χ3n) is 3.03. The number of ether oxygens (including phenoxy) is 1. The molecule has 0 saturated carbocycles. The van der Waals surface area contributed by atoms with Crippen molar-refractivity contribution in [1.82, 2.24) is 4.98 Å². The standard InChI is InChI=1S/C15H16N2O4/c1-3-9-7-13(18)17-12-8-10(5-6-11(9)12)16-14(19)15(20)21-4-2/h5-8H,3-4H2,1-2H3,(H,16,19)(H,17,18). The Bertz CT molecular complexity index is 749. The van der Waals surface area contributed by atoms with Crippen molar-refractivity contribution in [3.05, 3.63) is 40.2 Å². The van der Waals surface area contributed by atoms with Crippen LogP contribution in [0.25, 0.3) is 10.9 Å². The topological polar surface area (TPSA) is 88.3 Å². The molecule has 2 rings (SSSR count). The van der Waals surface area contributed by atoms with Gasteiger partial charge in [0.25, 0.3) is 0 Å². The smallest absolute Gasteiger partial charge is 0.397 e. The number of fused-ring (bicyclic) bond motifs is 1. The highest BCUT2D eigenvalue weighted by molar-refractivity contribution is 6.37. The predicted octanol–water partition coefficient (Wildman–Crippen LogP) is 1.59. The van der Waals surface area contributed by atoms with Gasteiger partial charge in [-0.2, -0.15) is 0 Å². The molecule has 0 radical (unpaired) electrons. The van der Waals surface area contributed by atoms with Gasteiger partial charge in [-0.05, 0) is 31.0 Å². The van der Waals surface area contributed by atoms with Crippen LogP contribution in [0.5, 0.6) is 0 Å². The lowest BCUT2D eigenvalue weighted by Crippen LogP contribution is -2.25. The van der Waals surface area contributed by atoms with Crippen molar-refractivity contribution in [2.45, 2.75) is 20.3 Å². The van der Waals surface area contributed by atoms with Crippen molar-refractivity contribution in [2.75, 3.05) is 11.9 Å². The van der Waals surface area contributed by atoms with Gasteiger partial charge in [0.15, 0.2) is 0 Å². The summed E-state index contributed by atoms with van der Waals surface area (Å²) in [6, 6.07) is 6.65. The number of esters is 1. The quantitative estimate of drug-likeness (QED) is 0.663. The molecule has 6 heteroatoms. The third kappa shape index (κ3) is 3.28. The highest BCUT2D eigenvalue weighted by Crippen LogP contribution is 2.20. The minimum absolute atomic E-state index is 0.136. The van der Waals surface area contributed by atoms with Crippen LogP contribution in [0.2, 0.25) is 0 Å². The molecule has 21 heavy (non-hydrogen) atoms. The normalized spacial score (nSPS) is 10.4. The van der Waals surface area contributed by atoms with E-state index < -0.39 is 11.9 Å². The first kappa shape index (κ1) is 14.8. The number of aromatic nitrogens is 1. The van der Waals surface area contributed by atoms with Crippen LogP contribution in [0.4, 0.5) is 5.69 Å². The number of carbonyl (C=O) groups excluding carboxylic acids is 2. The summed E-state index contributed by atoms with van der Waals surface area (Å²) in [7, 11) is 0. The van der Waals surface area contributed by atoms with E-state index in [1.165, 1.54) is 0 Å². The number of hydrogen-bond donors (Lipinski definition) is 2. The van der Waals surface area contributed by atoms with Gasteiger partial charge in [-0.3, -0.25) is 9.59 Å². The van der Waals surface area contributed by atoms with Crippen LogP contribution in [-0.2, 0) is 20.7 Å².